The maximum atomic E-state index is 9.95. The standard InChI is InChI=1S/C15H24O5/c1-11(14(18)15(2,19)10-16)13(17)9-20-8-12-6-4-3-5-7-12/h3-7,11,13-14,16-19H,8-10H2,1-2H3/t11-,13+,14+,15-/m1/s1. The van der Waals surface area contributed by atoms with E-state index in [1.54, 1.807) is 6.92 Å². The third kappa shape index (κ3) is 4.85. The third-order valence-electron chi connectivity index (χ3n) is 3.46. The van der Waals surface area contributed by atoms with Gasteiger partial charge in [-0.3, -0.25) is 0 Å². The van der Waals surface area contributed by atoms with Crippen LogP contribution in [0.1, 0.15) is 19.4 Å². The van der Waals surface area contributed by atoms with Crippen LogP contribution in [0.2, 0.25) is 0 Å². The lowest BCUT2D eigenvalue weighted by Gasteiger charge is -2.33. The van der Waals surface area contributed by atoms with Crippen LogP contribution in [0.3, 0.4) is 0 Å². The van der Waals surface area contributed by atoms with Gasteiger partial charge in [0.25, 0.3) is 0 Å². The van der Waals surface area contributed by atoms with Crippen LogP contribution < -0.4 is 0 Å². The highest BCUT2D eigenvalue weighted by Gasteiger charge is 2.36. The van der Waals surface area contributed by atoms with Gasteiger partial charge in [0.1, 0.15) is 5.60 Å². The molecule has 5 nitrogen and oxygen atoms in total. The Labute approximate surface area is 119 Å². The molecule has 0 saturated heterocycles. The molecule has 20 heavy (non-hydrogen) atoms. The minimum Gasteiger partial charge on any atom is -0.393 e. The Balaban J connectivity index is 2.40. The highest BCUT2D eigenvalue weighted by molar-refractivity contribution is 5.13. The molecule has 0 aromatic heterocycles. The van der Waals surface area contributed by atoms with E-state index in [2.05, 4.69) is 0 Å². The van der Waals surface area contributed by atoms with E-state index in [-0.39, 0.29) is 6.61 Å². The van der Waals surface area contributed by atoms with Gasteiger partial charge < -0.3 is 25.2 Å². The molecule has 4 atom stereocenters. The second-order valence-electron chi connectivity index (χ2n) is 5.39. The average Bonchev–Trinajstić information content (AvgIpc) is 2.46. The van der Waals surface area contributed by atoms with Crippen molar-refractivity contribution in [3.8, 4) is 0 Å². The third-order valence-corrected chi connectivity index (χ3v) is 3.46. The Bertz CT molecular complexity index is 379. The molecule has 114 valence electrons. The van der Waals surface area contributed by atoms with E-state index < -0.39 is 30.3 Å². The monoisotopic (exact) mass is 284 g/mol. The molecule has 0 aliphatic heterocycles. The Kier molecular flexibility index (Phi) is 6.58. The van der Waals surface area contributed by atoms with Gasteiger partial charge in [0.05, 0.1) is 32.0 Å². The second kappa shape index (κ2) is 7.71. The fourth-order valence-corrected chi connectivity index (χ4v) is 1.89. The van der Waals surface area contributed by atoms with Crippen LogP contribution in [0, 0.1) is 5.92 Å². The summed E-state index contributed by atoms with van der Waals surface area (Å²) in [6, 6.07) is 9.55. The summed E-state index contributed by atoms with van der Waals surface area (Å²) in [6.45, 7) is 2.78. The van der Waals surface area contributed by atoms with Crippen molar-refractivity contribution >= 4 is 0 Å². The molecular weight excluding hydrogens is 260 g/mol. The van der Waals surface area contributed by atoms with E-state index >= 15 is 0 Å². The van der Waals surface area contributed by atoms with Crippen molar-refractivity contribution in [1.29, 1.82) is 0 Å². The highest BCUT2D eigenvalue weighted by Crippen LogP contribution is 2.20. The Morgan fingerprint density at radius 1 is 1.20 bits per heavy atom. The Hall–Kier alpha value is -0.980. The van der Waals surface area contributed by atoms with Crippen LogP contribution in [-0.2, 0) is 11.3 Å². The van der Waals surface area contributed by atoms with Gasteiger partial charge in [-0.15, -0.1) is 0 Å². The number of rotatable bonds is 8. The van der Waals surface area contributed by atoms with Gasteiger partial charge in [-0.2, -0.15) is 0 Å². The van der Waals surface area contributed by atoms with Crippen molar-refractivity contribution in [2.24, 2.45) is 5.92 Å². The fraction of sp³-hybridized carbons (Fsp3) is 0.600. The predicted molar refractivity (Wildman–Crippen MR) is 75.0 cm³/mol. The summed E-state index contributed by atoms with van der Waals surface area (Å²) < 4.78 is 5.39. The number of aliphatic hydroxyl groups is 4. The molecule has 0 aliphatic rings. The van der Waals surface area contributed by atoms with Crippen LogP contribution in [0.5, 0.6) is 0 Å². The second-order valence-corrected chi connectivity index (χ2v) is 5.39. The summed E-state index contributed by atoms with van der Waals surface area (Å²) in [4.78, 5) is 0. The van der Waals surface area contributed by atoms with E-state index in [9.17, 15) is 15.3 Å². The fourth-order valence-electron chi connectivity index (χ4n) is 1.89. The van der Waals surface area contributed by atoms with E-state index in [1.165, 1.54) is 6.92 Å². The summed E-state index contributed by atoms with van der Waals surface area (Å²) in [6.07, 6.45) is -2.16. The van der Waals surface area contributed by atoms with Crippen LogP contribution in [-0.4, -0.2) is 51.4 Å². The molecule has 0 aliphatic carbocycles. The predicted octanol–water partition coefficient (Wildman–Crippen LogP) is 0.304. The van der Waals surface area contributed by atoms with Gasteiger partial charge in [0.15, 0.2) is 0 Å². The zero-order valence-corrected chi connectivity index (χ0v) is 11.9. The van der Waals surface area contributed by atoms with Crippen molar-refractivity contribution < 1.29 is 25.2 Å². The van der Waals surface area contributed by atoms with Crippen molar-refractivity contribution in [1.82, 2.24) is 0 Å². The van der Waals surface area contributed by atoms with Gasteiger partial charge in [-0.05, 0) is 12.5 Å². The molecule has 4 N–H and O–H groups in total. The van der Waals surface area contributed by atoms with Crippen molar-refractivity contribution in [3.63, 3.8) is 0 Å². The zero-order chi connectivity index (χ0) is 15.2. The lowest BCUT2D eigenvalue weighted by atomic mass is 9.87. The maximum Gasteiger partial charge on any atom is 0.111 e. The van der Waals surface area contributed by atoms with Crippen molar-refractivity contribution in [2.75, 3.05) is 13.2 Å². The maximum absolute atomic E-state index is 9.95. The molecule has 0 fully saturated rings. The van der Waals surface area contributed by atoms with E-state index in [4.69, 9.17) is 9.84 Å². The molecule has 0 bridgehead atoms. The molecule has 0 spiro atoms. The quantitative estimate of drug-likeness (QED) is 0.551. The molecule has 0 unspecified atom stereocenters. The molecule has 0 heterocycles. The number of hydrogen-bond acceptors (Lipinski definition) is 5. The molecule has 1 aromatic rings. The topological polar surface area (TPSA) is 90.2 Å². The van der Waals surface area contributed by atoms with Gasteiger partial charge in [0, 0.05) is 5.92 Å². The number of ether oxygens (including phenoxy) is 1. The summed E-state index contributed by atoms with van der Waals surface area (Å²) in [7, 11) is 0. The molecule has 0 radical (unpaired) electrons. The van der Waals surface area contributed by atoms with E-state index in [0.29, 0.717) is 6.61 Å². The molecule has 1 rings (SSSR count). The van der Waals surface area contributed by atoms with Gasteiger partial charge >= 0.3 is 0 Å². The first-order chi connectivity index (χ1) is 9.38. The van der Waals surface area contributed by atoms with E-state index in [0.717, 1.165) is 5.56 Å². The van der Waals surface area contributed by atoms with Crippen molar-refractivity contribution in [2.45, 2.75) is 38.3 Å². The van der Waals surface area contributed by atoms with Crippen LogP contribution in [0.4, 0.5) is 0 Å². The first-order valence-corrected chi connectivity index (χ1v) is 6.69. The molecule has 0 amide bonds. The number of hydrogen-bond donors (Lipinski definition) is 4. The lowest BCUT2D eigenvalue weighted by Crippen LogP contribution is -2.50. The summed E-state index contributed by atoms with van der Waals surface area (Å²) >= 11 is 0. The van der Waals surface area contributed by atoms with Gasteiger partial charge in [0.2, 0.25) is 0 Å². The highest BCUT2D eigenvalue weighted by atomic mass is 16.5. The number of benzene rings is 1. The molecule has 1 aromatic carbocycles. The first-order valence-electron chi connectivity index (χ1n) is 6.69. The van der Waals surface area contributed by atoms with E-state index in [1.807, 2.05) is 30.3 Å². The number of aliphatic hydroxyl groups excluding tert-OH is 3. The largest absolute Gasteiger partial charge is 0.393 e. The Morgan fingerprint density at radius 2 is 1.80 bits per heavy atom. The van der Waals surface area contributed by atoms with Gasteiger partial charge in [-0.1, -0.05) is 37.3 Å². The Morgan fingerprint density at radius 3 is 2.35 bits per heavy atom. The zero-order valence-electron chi connectivity index (χ0n) is 11.9. The summed E-state index contributed by atoms with van der Waals surface area (Å²) in [5.41, 5.74) is -0.643. The van der Waals surface area contributed by atoms with Gasteiger partial charge in [-0.25, -0.2) is 0 Å². The average molecular weight is 284 g/mol. The van der Waals surface area contributed by atoms with Crippen LogP contribution >= 0.6 is 0 Å². The summed E-state index contributed by atoms with van der Waals surface area (Å²) in [5, 5.41) is 38.6. The first kappa shape index (κ1) is 17.1. The molecular formula is C15H24O5. The minimum absolute atomic E-state index is 0.0502. The molecule has 0 saturated carbocycles. The SMILES string of the molecule is C[C@H]([C@@H](O)COCc1ccccc1)[C@H](O)[C@](C)(O)CO. The summed E-state index contributed by atoms with van der Waals surface area (Å²) in [5.74, 6) is -0.618. The van der Waals surface area contributed by atoms with Crippen LogP contribution in [0.25, 0.3) is 0 Å². The normalized spacial score (nSPS) is 19.1. The minimum atomic E-state index is -1.64. The smallest absolute Gasteiger partial charge is 0.111 e. The van der Waals surface area contributed by atoms with Crippen molar-refractivity contribution in [3.05, 3.63) is 35.9 Å². The lowest BCUT2D eigenvalue weighted by molar-refractivity contribution is -0.137. The molecule has 5 heteroatoms. The van der Waals surface area contributed by atoms with Crippen LogP contribution in [0.15, 0.2) is 30.3 Å².